The number of aromatic nitrogens is 3. The van der Waals surface area contributed by atoms with Crippen LogP contribution in [0.5, 0.6) is 0 Å². The molecule has 0 aliphatic heterocycles. The van der Waals surface area contributed by atoms with Crippen molar-refractivity contribution in [3.8, 4) is 5.69 Å². The van der Waals surface area contributed by atoms with Crippen molar-refractivity contribution in [2.24, 2.45) is 0 Å². The van der Waals surface area contributed by atoms with Gasteiger partial charge in [0.2, 0.25) is 0 Å². The topological polar surface area (TPSA) is 97.5 Å². The molecule has 0 aliphatic carbocycles. The molecule has 0 atom stereocenters. The summed E-state index contributed by atoms with van der Waals surface area (Å²) in [5, 5.41) is 24.2. The van der Waals surface area contributed by atoms with Crippen LogP contribution in [-0.4, -0.2) is 38.1 Å². The number of ether oxygens (including phenoxy) is 1. The summed E-state index contributed by atoms with van der Waals surface area (Å²) in [6.07, 6.45) is 6.85. The Hall–Kier alpha value is -3.16. The zero-order valence-electron chi connectivity index (χ0n) is 14.3. The molecule has 0 bridgehead atoms. The second-order valence-electron chi connectivity index (χ2n) is 5.62. The Kier molecular flexibility index (Phi) is 5.54. The lowest BCUT2D eigenvalue weighted by atomic mass is 10.1. The summed E-state index contributed by atoms with van der Waals surface area (Å²) in [6.45, 7) is 0.264. The number of hydrogen-bond acceptors (Lipinski definition) is 5. The molecule has 3 aromatic rings. The van der Waals surface area contributed by atoms with E-state index in [0.717, 1.165) is 22.3 Å². The molecule has 1 aromatic carbocycles. The molecule has 0 radical (unpaired) electrons. The molecule has 7 nitrogen and oxygen atoms in total. The van der Waals surface area contributed by atoms with Gasteiger partial charge in [-0.1, -0.05) is 11.6 Å². The number of rotatable bonds is 6. The van der Waals surface area contributed by atoms with Crippen molar-refractivity contribution in [2.45, 2.75) is 6.61 Å². The fraction of sp³-hybridized carbons (Fsp3) is 0.105. The molecule has 8 heteroatoms. The molecule has 0 fully saturated rings. The first kappa shape index (κ1) is 18.6. The van der Waals surface area contributed by atoms with Crippen LogP contribution >= 0.6 is 11.6 Å². The van der Waals surface area contributed by atoms with E-state index < -0.39 is 5.97 Å². The molecule has 0 spiro atoms. The van der Waals surface area contributed by atoms with E-state index in [9.17, 15) is 9.90 Å². The lowest BCUT2D eigenvalue weighted by molar-refractivity contribution is -0.131. The number of fused-ring (bicyclic) bond motifs is 1. The minimum absolute atomic E-state index is 0.264. The Labute approximate surface area is 159 Å². The van der Waals surface area contributed by atoms with Crippen molar-refractivity contribution in [3.63, 3.8) is 0 Å². The number of carboxylic acid groups (broad SMARTS) is 1. The van der Waals surface area contributed by atoms with Crippen LogP contribution in [0.15, 0.2) is 54.6 Å². The number of halogens is 1. The quantitative estimate of drug-likeness (QED) is 0.381. The summed E-state index contributed by atoms with van der Waals surface area (Å²) < 4.78 is 7.01. The van der Waals surface area contributed by atoms with E-state index >= 15 is 0 Å². The first-order valence-corrected chi connectivity index (χ1v) is 8.29. The normalized spacial score (nSPS) is 12.1. The monoisotopic (exact) mass is 385 g/mol. The number of methoxy groups -OCH3 is 1. The van der Waals surface area contributed by atoms with E-state index in [-0.39, 0.29) is 12.4 Å². The van der Waals surface area contributed by atoms with Crippen LogP contribution in [-0.2, 0) is 16.1 Å². The van der Waals surface area contributed by atoms with Crippen LogP contribution in [0.2, 0.25) is 5.02 Å². The Balaban J connectivity index is 2.09. The molecular formula is C19H16ClN3O4. The van der Waals surface area contributed by atoms with Gasteiger partial charge < -0.3 is 14.9 Å². The van der Waals surface area contributed by atoms with Crippen molar-refractivity contribution in [2.75, 3.05) is 7.11 Å². The van der Waals surface area contributed by atoms with E-state index in [1.165, 1.54) is 6.08 Å². The Morgan fingerprint density at radius 1 is 1.33 bits per heavy atom. The molecule has 2 N–H and O–H groups in total. The van der Waals surface area contributed by atoms with Crippen molar-refractivity contribution in [1.82, 2.24) is 14.8 Å². The first-order valence-electron chi connectivity index (χ1n) is 7.91. The predicted octanol–water partition coefficient (Wildman–Crippen LogP) is 3.76. The van der Waals surface area contributed by atoms with E-state index in [4.69, 9.17) is 21.4 Å². The molecular weight excluding hydrogens is 370 g/mol. The summed E-state index contributed by atoms with van der Waals surface area (Å²) in [6, 6.07) is 7.26. The highest BCUT2D eigenvalue weighted by atomic mass is 35.5. The first-order chi connectivity index (χ1) is 13.0. The third-order valence-electron chi connectivity index (χ3n) is 3.80. The van der Waals surface area contributed by atoms with Crippen molar-refractivity contribution < 1.29 is 19.7 Å². The van der Waals surface area contributed by atoms with Crippen LogP contribution in [0.4, 0.5) is 0 Å². The molecule has 2 aromatic heterocycles. The Morgan fingerprint density at radius 3 is 2.89 bits per heavy atom. The van der Waals surface area contributed by atoms with Crippen LogP contribution in [0.1, 0.15) is 11.3 Å². The van der Waals surface area contributed by atoms with E-state index in [1.807, 2.05) is 12.1 Å². The van der Waals surface area contributed by atoms with E-state index in [1.54, 1.807) is 42.4 Å². The zero-order valence-corrected chi connectivity index (χ0v) is 15.1. The molecule has 27 heavy (non-hydrogen) atoms. The fourth-order valence-electron chi connectivity index (χ4n) is 2.66. The third-order valence-corrected chi connectivity index (χ3v) is 4.03. The maximum Gasteiger partial charge on any atom is 0.332 e. The third kappa shape index (κ3) is 4.16. The van der Waals surface area contributed by atoms with Gasteiger partial charge in [-0.15, -0.1) is 0 Å². The SMILES string of the molecule is COCc1c(/C=C/C(O)=C/C(=O)O)cnn1-c1ccnc2cc(Cl)ccc12. The minimum atomic E-state index is -1.23. The van der Waals surface area contributed by atoms with Gasteiger partial charge in [0.15, 0.2) is 0 Å². The number of nitrogens with zero attached hydrogens (tertiary/aromatic N) is 3. The second-order valence-corrected chi connectivity index (χ2v) is 6.06. The molecule has 2 heterocycles. The molecule has 138 valence electrons. The number of carboxylic acids is 1. The summed E-state index contributed by atoms with van der Waals surface area (Å²) in [4.78, 5) is 14.9. The molecule has 0 saturated carbocycles. The van der Waals surface area contributed by atoms with Gasteiger partial charge in [-0.05, 0) is 36.4 Å². The highest BCUT2D eigenvalue weighted by Crippen LogP contribution is 2.26. The fourth-order valence-corrected chi connectivity index (χ4v) is 2.82. The molecule has 0 amide bonds. The van der Waals surface area contributed by atoms with Gasteiger partial charge in [0.1, 0.15) is 5.76 Å². The van der Waals surface area contributed by atoms with Gasteiger partial charge in [-0.3, -0.25) is 4.98 Å². The van der Waals surface area contributed by atoms with Gasteiger partial charge >= 0.3 is 5.97 Å². The highest BCUT2D eigenvalue weighted by molar-refractivity contribution is 6.31. The summed E-state index contributed by atoms with van der Waals surface area (Å²) in [5.74, 6) is -1.60. The molecule has 0 saturated heterocycles. The number of aliphatic hydroxyl groups excluding tert-OH is 1. The van der Waals surface area contributed by atoms with Gasteiger partial charge in [-0.2, -0.15) is 5.10 Å². The number of allylic oxidation sites excluding steroid dienone is 1. The highest BCUT2D eigenvalue weighted by Gasteiger charge is 2.13. The Bertz CT molecular complexity index is 1060. The van der Waals surface area contributed by atoms with Gasteiger partial charge in [0.25, 0.3) is 0 Å². The predicted molar refractivity (Wildman–Crippen MR) is 102 cm³/mol. The van der Waals surface area contributed by atoms with Gasteiger partial charge in [-0.25, -0.2) is 9.48 Å². The average molecular weight is 386 g/mol. The molecule has 0 unspecified atom stereocenters. The standard InChI is InChI=1S/C19H16ClN3O4/c1-27-11-18-12(2-4-14(24)9-19(25)26)10-22-23(18)17-6-7-21-16-8-13(20)3-5-15(16)17/h2-10,24H,11H2,1H3,(H,25,26)/b4-2+,14-9-. The van der Waals surface area contributed by atoms with Crippen LogP contribution in [0, 0.1) is 0 Å². The number of carbonyl (C=O) groups is 1. The zero-order chi connectivity index (χ0) is 19.4. The van der Waals surface area contributed by atoms with E-state index in [0.29, 0.717) is 16.7 Å². The second kappa shape index (κ2) is 8.03. The van der Waals surface area contributed by atoms with E-state index in [2.05, 4.69) is 10.1 Å². The molecule has 0 aliphatic rings. The summed E-state index contributed by atoms with van der Waals surface area (Å²) >= 11 is 6.05. The average Bonchev–Trinajstić information content (AvgIpc) is 3.01. The largest absolute Gasteiger partial charge is 0.508 e. The number of pyridine rings is 1. The van der Waals surface area contributed by atoms with Crippen LogP contribution in [0.3, 0.4) is 0 Å². The van der Waals surface area contributed by atoms with Crippen LogP contribution in [0.25, 0.3) is 22.7 Å². The lowest BCUT2D eigenvalue weighted by Crippen LogP contribution is -2.05. The van der Waals surface area contributed by atoms with Crippen molar-refractivity contribution in [3.05, 3.63) is 70.9 Å². The minimum Gasteiger partial charge on any atom is -0.508 e. The number of aliphatic carboxylic acids is 1. The van der Waals surface area contributed by atoms with Gasteiger partial charge in [0.05, 0.1) is 35.8 Å². The van der Waals surface area contributed by atoms with Crippen molar-refractivity contribution >= 4 is 34.5 Å². The molecule has 3 rings (SSSR count). The maximum absolute atomic E-state index is 10.6. The maximum atomic E-state index is 10.6. The summed E-state index contributed by atoms with van der Waals surface area (Å²) in [5.41, 5.74) is 2.95. The number of hydrogen-bond donors (Lipinski definition) is 2. The van der Waals surface area contributed by atoms with Crippen molar-refractivity contribution in [1.29, 1.82) is 0 Å². The summed E-state index contributed by atoms with van der Waals surface area (Å²) in [7, 11) is 1.57. The Morgan fingerprint density at radius 2 is 2.15 bits per heavy atom. The number of benzene rings is 1. The number of aliphatic hydroxyl groups is 1. The van der Waals surface area contributed by atoms with Crippen LogP contribution < -0.4 is 0 Å². The smallest absolute Gasteiger partial charge is 0.332 e. The lowest BCUT2D eigenvalue weighted by Gasteiger charge is -2.11. The van der Waals surface area contributed by atoms with Gasteiger partial charge in [0, 0.05) is 29.3 Å².